The zero-order valence-corrected chi connectivity index (χ0v) is 15.2. The van der Waals surface area contributed by atoms with Crippen LogP contribution in [0.2, 0.25) is 0 Å². The van der Waals surface area contributed by atoms with Crippen molar-refractivity contribution in [2.75, 3.05) is 28.4 Å². The van der Waals surface area contributed by atoms with E-state index in [-0.39, 0.29) is 0 Å². The molecular weight excluding hydrogens is 308 g/mol. The highest BCUT2D eigenvalue weighted by atomic mass is 28.4. The number of hydrogen-bond acceptors (Lipinski definition) is 4. The second-order valence-corrected chi connectivity index (χ2v) is 8.71. The predicted octanol–water partition coefficient (Wildman–Crippen LogP) is 3.30. The van der Waals surface area contributed by atoms with Crippen LogP contribution in [-0.4, -0.2) is 37.0 Å². The van der Waals surface area contributed by atoms with E-state index in [1.165, 1.54) is 11.1 Å². The lowest BCUT2D eigenvalue weighted by Gasteiger charge is -2.28. The van der Waals surface area contributed by atoms with Crippen LogP contribution >= 0.6 is 0 Å². The van der Waals surface area contributed by atoms with Gasteiger partial charge in [0.25, 0.3) is 0 Å². The topological polar surface area (TPSA) is 36.9 Å². The summed E-state index contributed by atoms with van der Waals surface area (Å²) in [6.07, 6.45) is 0. The molecular formula is C18H24O4Si. The van der Waals surface area contributed by atoms with Crippen molar-refractivity contribution in [3.63, 3.8) is 0 Å². The molecule has 0 radical (unpaired) electrons. The fraction of sp³-hybridized carbons (Fsp3) is 0.333. The van der Waals surface area contributed by atoms with Gasteiger partial charge in [-0.15, -0.1) is 0 Å². The first-order chi connectivity index (χ1) is 11.1. The summed E-state index contributed by atoms with van der Waals surface area (Å²) < 4.78 is 22.1. The van der Waals surface area contributed by atoms with Crippen molar-refractivity contribution in [3.05, 3.63) is 59.7 Å². The molecule has 0 spiro atoms. The van der Waals surface area contributed by atoms with Crippen molar-refractivity contribution in [1.29, 1.82) is 0 Å². The van der Waals surface area contributed by atoms with E-state index >= 15 is 0 Å². The van der Waals surface area contributed by atoms with Gasteiger partial charge in [-0.1, -0.05) is 24.3 Å². The van der Waals surface area contributed by atoms with E-state index in [1.807, 2.05) is 24.3 Å². The molecule has 0 aliphatic rings. The van der Waals surface area contributed by atoms with Gasteiger partial charge in [-0.05, 0) is 35.4 Å². The highest BCUT2D eigenvalue weighted by Gasteiger charge is 2.36. The summed E-state index contributed by atoms with van der Waals surface area (Å²) >= 11 is 0. The minimum atomic E-state index is -2.36. The molecule has 4 nitrogen and oxygen atoms in total. The van der Waals surface area contributed by atoms with Crippen LogP contribution in [0.1, 0.15) is 11.1 Å². The minimum Gasteiger partial charge on any atom is -0.497 e. The summed E-state index contributed by atoms with van der Waals surface area (Å²) in [6, 6.07) is 17.7. The molecule has 0 aliphatic carbocycles. The van der Waals surface area contributed by atoms with Gasteiger partial charge in [0.2, 0.25) is 0 Å². The third kappa shape index (κ3) is 4.57. The Morgan fingerprint density at radius 3 is 1.22 bits per heavy atom. The van der Waals surface area contributed by atoms with Gasteiger partial charge in [-0.25, -0.2) is 0 Å². The summed E-state index contributed by atoms with van der Waals surface area (Å²) in [6.45, 7) is 0. The Labute approximate surface area is 139 Å². The zero-order chi connectivity index (χ0) is 16.7. The molecule has 2 rings (SSSR count). The van der Waals surface area contributed by atoms with Crippen molar-refractivity contribution >= 4 is 8.56 Å². The molecule has 0 aromatic heterocycles. The van der Waals surface area contributed by atoms with Gasteiger partial charge in [0.1, 0.15) is 11.5 Å². The van der Waals surface area contributed by atoms with Gasteiger partial charge in [-0.3, -0.25) is 0 Å². The maximum Gasteiger partial charge on any atom is 0.346 e. The van der Waals surface area contributed by atoms with Crippen molar-refractivity contribution in [2.24, 2.45) is 0 Å². The first kappa shape index (κ1) is 17.5. The SMILES string of the molecule is COc1ccc(C[Si](Cc2ccc(OC)cc2)(OC)OC)cc1. The Kier molecular flexibility index (Phi) is 6.21. The molecule has 0 fully saturated rings. The van der Waals surface area contributed by atoms with E-state index in [4.69, 9.17) is 18.3 Å². The Morgan fingerprint density at radius 2 is 0.957 bits per heavy atom. The Balaban J connectivity index is 2.16. The first-order valence-electron chi connectivity index (χ1n) is 7.51. The summed E-state index contributed by atoms with van der Waals surface area (Å²) in [5.41, 5.74) is 2.38. The Bertz CT molecular complexity index is 540. The lowest BCUT2D eigenvalue weighted by atomic mass is 10.2. The number of rotatable bonds is 8. The molecule has 0 amide bonds. The maximum atomic E-state index is 5.86. The summed E-state index contributed by atoms with van der Waals surface area (Å²) in [7, 11) is 4.45. The molecule has 0 unspecified atom stereocenters. The van der Waals surface area contributed by atoms with Crippen LogP contribution in [-0.2, 0) is 20.9 Å². The average Bonchev–Trinajstić information content (AvgIpc) is 2.62. The number of hydrogen-bond donors (Lipinski definition) is 0. The van der Waals surface area contributed by atoms with Crippen LogP contribution < -0.4 is 9.47 Å². The van der Waals surface area contributed by atoms with Gasteiger partial charge in [0.05, 0.1) is 14.2 Å². The van der Waals surface area contributed by atoms with Gasteiger partial charge in [0.15, 0.2) is 0 Å². The molecule has 5 heteroatoms. The molecule has 0 saturated heterocycles. The van der Waals surface area contributed by atoms with Crippen LogP contribution in [0, 0.1) is 0 Å². The molecule has 0 saturated carbocycles. The van der Waals surface area contributed by atoms with Gasteiger partial charge >= 0.3 is 8.56 Å². The fourth-order valence-corrected chi connectivity index (χ4v) is 5.13. The fourth-order valence-electron chi connectivity index (χ4n) is 2.54. The largest absolute Gasteiger partial charge is 0.497 e. The molecule has 2 aromatic rings. The van der Waals surface area contributed by atoms with E-state index in [2.05, 4.69) is 24.3 Å². The summed E-state index contributed by atoms with van der Waals surface area (Å²) in [5, 5.41) is 0. The summed E-state index contributed by atoms with van der Waals surface area (Å²) in [5.74, 6) is 1.71. The molecule has 124 valence electrons. The number of methoxy groups -OCH3 is 2. The molecule has 0 heterocycles. The monoisotopic (exact) mass is 332 g/mol. The smallest absolute Gasteiger partial charge is 0.346 e. The van der Waals surface area contributed by atoms with Crippen molar-refractivity contribution in [3.8, 4) is 11.5 Å². The molecule has 0 aliphatic heterocycles. The Morgan fingerprint density at radius 1 is 0.609 bits per heavy atom. The number of ether oxygens (including phenoxy) is 2. The highest BCUT2D eigenvalue weighted by Crippen LogP contribution is 2.22. The van der Waals surface area contributed by atoms with Crippen LogP contribution in [0.25, 0.3) is 0 Å². The second-order valence-electron chi connectivity index (χ2n) is 5.37. The highest BCUT2D eigenvalue weighted by molar-refractivity contribution is 6.66. The van der Waals surface area contributed by atoms with E-state index in [1.54, 1.807) is 28.4 Å². The lowest BCUT2D eigenvalue weighted by molar-refractivity contribution is 0.240. The van der Waals surface area contributed by atoms with Crippen molar-refractivity contribution in [1.82, 2.24) is 0 Å². The van der Waals surface area contributed by atoms with Crippen molar-refractivity contribution < 1.29 is 18.3 Å². The van der Waals surface area contributed by atoms with Gasteiger partial charge < -0.3 is 18.3 Å². The van der Waals surface area contributed by atoms with Crippen LogP contribution in [0.15, 0.2) is 48.5 Å². The third-order valence-electron chi connectivity index (χ3n) is 4.01. The van der Waals surface area contributed by atoms with Crippen molar-refractivity contribution in [2.45, 2.75) is 12.1 Å². The van der Waals surface area contributed by atoms with E-state index in [9.17, 15) is 0 Å². The standard InChI is InChI=1S/C18H24O4Si/c1-19-17-9-5-15(6-10-17)13-23(21-3,22-4)14-16-7-11-18(20-2)12-8-16/h5-12H,13-14H2,1-4H3. The average molecular weight is 332 g/mol. The first-order valence-corrected chi connectivity index (χ1v) is 9.74. The van der Waals surface area contributed by atoms with E-state index in [0.29, 0.717) is 0 Å². The van der Waals surface area contributed by atoms with Gasteiger partial charge in [0, 0.05) is 26.3 Å². The molecule has 0 atom stereocenters. The molecule has 0 N–H and O–H groups in total. The lowest BCUT2D eigenvalue weighted by Crippen LogP contribution is -2.46. The predicted molar refractivity (Wildman–Crippen MR) is 93.2 cm³/mol. The minimum absolute atomic E-state index is 0.788. The second kappa shape index (κ2) is 8.15. The molecule has 0 bridgehead atoms. The molecule has 2 aromatic carbocycles. The maximum absolute atomic E-state index is 5.86. The summed E-state index contributed by atoms with van der Waals surface area (Å²) in [4.78, 5) is 0. The third-order valence-corrected chi connectivity index (χ3v) is 7.39. The van der Waals surface area contributed by atoms with Gasteiger partial charge in [-0.2, -0.15) is 0 Å². The molecule has 23 heavy (non-hydrogen) atoms. The number of benzene rings is 2. The van der Waals surface area contributed by atoms with E-state index in [0.717, 1.165) is 23.6 Å². The zero-order valence-electron chi connectivity index (χ0n) is 14.2. The quantitative estimate of drug-likeness (QED) is 0.695. The van der Waals surface area contributed by atoms with Crippen LogP contribution in [0.4, 0.5) is 0 Å². The normalized spacial score (nSPS) is 11.3. The van der Waals surface area contributed by atoms with E-state index < -0.39 is 8.56 Å². The Hall–Kier alpha value is -1.82. The van der Waals surface area contributed by atoms with Crippen LogP contribution in [0.5, 0.6) is 11.5 Å². The van der Waals surface area contributed by atoms with Crippen LogP contribution in [0.3, 0.4) is 0 Å².